The number of hydrogen-bond acceptors (Lipinski definition) is 2. The maximum absolute atomic E-state index is 11.0. The van der Waals surface area contributed by atoms with Crippen LogP contribution in [-0.4, -0.2) is 35.6 Å². The Bertz CT molecular complexity index is 226. The average Bonchev–Trinajstić information content (AvgIpc) is 2.17. The first-order chi connectivity index (χ1) is 6.95. The molecule has 0 aromatic heterocycles. The van der Waals surface area contributed by atoms with Gasteiger partial charge in [0.2, 0.25) is 0 Å². The lowest BCUT2D eigenvalue weighted by atomic mass is 9.89. The summed E-state index contributed by atoms with van der Waals surface area (Å²) in [5.41, 5.74) is -0.615. The third kappa shape index (κ3) is 3.49. The van der Waals surface area contributed by atoms with E-state index in [4.69, 9.17) is 5.11 Å². The van der Waals surface area contributed by atoms with E-state index in [1.807, 2.05) is 13.8 Å². The summed E-state index contributed by atoms with van der Waals surface area (Å²) >= 11 is 0. The summed E-state index contributed by atoms with van der Waals surface area (Å²) in [7, 11) is 0. The Labute approximate surface area is 92.5 Å². The van der Waals surface area contributed by atoms with Gasteiger partial charge in [-0.25, -0.2) is 0 Å². The highest BCUT2D eigenvalue weighted by Gasteiger charge is 2.31. The van der Waals surface area contributed by atoms with Crippen molar-refractivity contribution < 1.29 is 9.90 Å². The normalized spacial score (nSPS) is 24.1. The molecule has 0 aromatic rings. The number of piperidine rings is 1. The van der Waals surface area contributed by atoms with Crippen LogP contribution in [0.4, 0.5) is 0 Å². The number of aliphatic carboxylic acids is 1. The van der Waals surface area contributed by atoms with Crippen molar-refractivity contribution in [1.29, 1.82) is 0 Å². The fourth-order valence-electron chi connectivity index (χ4n) is 2.25. The van der Waals surface area contributed by atoms with Gasteiger partial charge in [-0.15, -0.1) is 0 Å². The van der Waals surface area contributed by atoms with Gasteiger partial charge in [-0.05, 0) is 39.2 Å². The molecule has 0 aliphatic carbocycles. The van der Waals surface area contributed by atoms with Crippen LogP contribution in [0.15, 0.2) is 0 Å². The van der Waals surface area contributed by atoms with Crippen LogP contribution in [0.2, 0.25) is 0 Å². The molecule has 0 spiro atoms. The zero-order valence-corrected chi connectivity index (χ0v) is 10.1. The number of rotatable bonds is 4. The van der Waals surface area contributed by atoms with Crippen molar-refractivity contribution in [2.24, 2.45) is 11.3 Å². The van der Waals surface area contributed by atoms with E-state index in [9.17, 15) is 4.79 Å². The van der Waals surface area contributed by atoms with Crippen molar-refractivity contribution in [3.05, 3.63) is 0 Å². The van der Waals surface area contributed by atoms with Gasteiger partial charge in [0.1, 0.15) is 0 Å². The van der Waals surface area contributed by atoms with Crippen molar-refractivity contribution in [3.63, 3.8) is 0 Å². The smallest absolute Gasteiger partial charge is 0.310 e. The highest BCUT2D eigenvalue weighted by molar-refractivity contribution is 5.73. The van der Waals surface area contributed by atoms with Crippen LogP contribution in [0.25, 0.3) is 0 Å². The second-order valence-corrected chi connectivity index (χ2v) is 5.34. The Morgan fingerprint density at radius 1 is 1.53 bits per heavy atom. The van der Waals surface area contributed by atoms with Gasteiger partial charge in [-0.1, -0.05) is 13.3 Å². The highest BCUT2D eigenvalue weighted by atomic mass is 16.4. The average molecular weight is 213 g/mol. The molecule has 1 aliphatic heterocycles. The van der Waals surface area contributed by atoms with Crippen molar-refractivity contribution in [1.82, 2.24) is 4.90 Å². The quantitative estimate of drug-likeness (QED) is 0.778. The molecule has 3 nitrogen and oxygen atoms in total. The lowest BCUT2D eigenvalue weighted by molar-refractivity contribution is -0.148. The molecular weight excluding hydrogens is 190 g/mol. The van der Waals surface area contributed by atoms with E-state index >= 15 is 0 Å². The minimum Gasteiger partial charge on any atom is -0.481 e. The van der Waals surface area contributed by atoms with Gasteiger partial charge < -0.3 is 10.0 Å². The minimum absolute atomic E-state index is 0.615. The van der Waals surface area contributed by atoms with Crippen LogP contribution < -0.4 is 0 Å². The van der Waals surface area contributed by atoms with Crippen LogP contribution in [-0.2, 0) is 4.79 Å². The molecule has 1 unspecified atom stereocenters. The highest BCUT2D eigenvalue weighted by Crippen LogP contribution is 2.24. The Kier molecular flexibility index (Phi) is 4.14. The van der Waals surface area contributed by atoms with Crippen LogP contribution in [0, 0.1) is 11.3 Å². The number of carbonyl (C=O) groups is 1. The first-order valence-corrected chi connectivity index (χ1v) is 5.91. The van der Waals surface area contributed by atoms with E-state index < -0.39 is 11.4 Å². The van der Waals surface area contributed by atoms with Crippen molar-refractivity contribution in [2.75, 3.05) is 19.6 Å². The summed E-state index contributed by atoms with van der Waals surface area (Å²) in [5, 5.41) is 9.07. The van der Waals surface area contributed by atoms with Crippen molar-refractivity contribution >= 4 is 5.97 Å². The molecular formula is C12H23NO2. The summed E-state index contributed by atoms with van der Waals surface area (Å²) in [6.45, 7) is 8.66. The van der Waals surface area contributed by atoms with E-state index in [0.29, 0.717) is 6.54 Å². The third-order valence-electron chi connectivity index (χ3n) is 3.38. The predicted molar refractivity (Wildman–Crippen MR) is 60.9 cm³/mol. The van der Waals surface area contributed by atoms with Gasteiger partial charge in [0.05, 0.1) is 5.41 Å². The van der Waals surface area contributed by atoms with Gasteiger partial charge in [-0.3, -0.25) is 4.79 Å². The Hall–Kier alpha value is -0.570. The molecule has 1 aliphatic rings. The van der Waals surface area contributed by atoms with Crippen LogP contribution in [0.3, 0.4) is 0 Å². The topological polar surface area (TPSA) is 40.5 Å². The van der Waals surface area contributed by atoms with Crippen molar-refractivity contribution in [3.8, 4) is 0 Å². The molecule has 1 fully saturated rings. The van der Waals surface area contributed by atoms with Gasteiger partial charge in [0.25, 0.3) is 0 Å². The van der Waals surface area contributed by atoms with E-state index in [1.165, 1.54) is 19.3 Å². The van der Waals surface area contributed by atoms with E-state index in [0.717, 1.165) is 19.0 Å². The van der Waals surface area contributed by atoms with Crippen LogP contribution >= 0.6 is 0 Å². The number of hydrogen-bond donors (Lipinski definition) is 1. The maximum atomic E-state index is 11.0. The molecule has 0 saturated carbocycles. The molecule has 88 valence electrons. The molecule has 0 aromatic carbocycles. The van der Waals surface area contributed by atoms with E-state index in [1.54, 1.807) is 0 Å². The zero-order valence-electron chi connectivity index (χ0n) is 10.1. The maximum Gasteiger partial charge on any atom is 0.310 e. The Balaban J connectivity index is 2.47. The van der Waals surface area contributed by atoms with Crippen LogP contribution in [0.1, 0.15) is 40.0 Å². The fraction of sp³-hybridized carbons (Fsp3) is 0.917. The number of carboxylic acids is 1. The molecule has 1 atom stereocenters. The lowest BCUT2D eigenvalue weighted by Gasteiger charge is -2.36. The number of carboxylic acid groups (broad SMARTS) is 1. The molecule has 15 heavy (non-hydrogen) atoms. The molecule has 0 amide bonds. The monoisotopic (exact) mass is 213 g/mol. The van der Waals surface area contributed by atoms with Gasteiger partial charge in [-0.2, -0.15) is 0 Å². The third-order valence-corrected chi connectivity index (χ3v) is 3.38. The Morgan fingerprint density at radius 3 is 2.73 bits per heavy atom. The predicted octanol–water partition coefficient (Wildman–Crippen LogP) is 2.22. The van der Waals surface area contributed by atoms with E-state index in [2.05, 4.69) is 11.8 Å². The van der Waals surface area contributed by atoms with Gasteiger partial charge >= 0.3 is 5.97 Å². The molecule has 3 heteroatoms. The largest absolute Gasteiger partial charge is 0.481 e. The Morgan fingerprint density at radius 2 is 2.20 bits per heavy atom. The fourth-order valence-corrected chi connectivity index (χ4v) is 2.25. The summed E-state index contributed by atoms with van der Waals surface area (Å²) in [6.07, 6.45) is 3.73. The number of nitrogens with zero attached hydrogens (tertiary/aromatic N) is 1. The molecule has 0 bridgehead atoms. The summed E-state index contributed by atoms with van der Waals surface area (Å²) in [6, 6.07) is 0. The first-order valence-electron chi connectivity index (χ1n) is 5.91. The molecule has 0 radical (unpaired) electrons. The lowest BCUT2D eigenvalue weighted by Crippen LogP contribution is -2.43. The van der Waals surface area contributed by atoms with Gasteiger partial charge in [0.15, 0.2) is 0 Å². The molecule has 1 N–H and O–H groups in total. The molecule has 1 rings (SSSR count). The minimum atomic E-state index is -0.693. The second-order valence-electron chi connectivity index (χ2n) is 5.34. The van der Waals surface area contributed by atoms with Crippen LogP contribution in [0.5, 0.6) is 0 Å². The molecule has 1 heterocycles. The second kappa shape index (κ2) is 4.97. The summed E-state index contributed by atoms with van der Waals surface area (Å²) in [4.78, 5) is 13.3. The van der Waals surface area contributed by atoms with E-state index in [-0.39, 0.29) is 0 Å². The van der Waals surface area contributed by atoms with Gasteiger partial charge in [0, 0.05) is 13.1 Å². The number of likely N-dealkylation sites (tertiary alicyclic amines) is 1. The van der Waals surface area contributed by atoms with Crippen molar-refractivity contribution in [2.45, 2.75) is 40.0 Å². The summed E-state index contributed by atoms with van der Waals surface area (Å²) in [5.74, 6) is 0.0736. The SMILES string of the molecule is CCC1CCCN(CC(C)(C)C(=O)O)C1. The standard InChI is InChI=1S/C12H23NO2/c1-4-10-6-5-7-13(8-10)9-12(2,3)11(14)15/h10H,4-9H2,1-3H3,(H,14,15). The summed E-state index contributed by atoms with van der Waals surface area (Å²) < 4.78 is 0. The first kappa shape index (κ1) is 12.5. The molecule has 1 saturated heterocycles. The zero-order chi connectivity index (χ0) is 11.5.